The quantitative estimate of drug-likeness (QED) is 0.631. The Morgan fingerprint density at radius 2 is 1.89 bits per heavy atom. The van der Waals surface area contributed by atoms with Crippen molar-refractivity contribution < 1.29 is 27.2 Å². The average molecular weight is 380 g/mol. The number of hydrogen-bond acceptors (Lipinski definition) is 2. The van der Waals surface area contributed by atoms with Gasteiger partial charge in [0.1, 0.15) is 11.7 Å². The van der Waals surface area contributed by atoms with Crippen LogP contribution in [0.2, 0.25) is 0 Å². The van der Waals surface area contributed by atoms with E-state index in [4.69, 9.17) is 0 Å². The highest BCUT2D eigenvalue weighted by Crippen LogP contribution is 2.35. The van der Waals surface area contributed by atoms with E-state index in [0.717, 1.165) is 12.1 Å². The maximum atomic E-state index is 13.6. The van der Waals surface area contributed by atoms with Crippen molar-refractivity contribution in [2.24, 2.45) is 5.92 Å². The summed E-state index contributed by atoms with van der Waals surface area (Å²) in [4.78, 5) is 24.8. The van der Waals surface area contributed by atoms with Crippen LogP contribution in [0.5, 0.6) is 0 Å². The van der Waals surface area contributed by atoms with E-state index in [1.807, 2.05) is 0 Å². The molecule has 0 radical (unpaired) electrons. The van der Waals surface area contributed by atoms with Gasteiger partial charge in [0, 0.05) is 23.7 Å². The van der Waals surface area contributed by atoms with Crippen LogP contribution >= 0.6 is 0 Å². The Morgan fingerprint density at radius 1 is 1.19 bits per heavy atom. The largest absolute Gasteiger partial charge is 0.416 e. The van der Waals surface area contributed by atoms with E-state index in [2.05, 4.69) is 10.6 Å². The van der Waals surface area contributed by atoms with Crippen LogP contribution in [-0.4, -0.2) is 18.4 Å². The molecule has 2 atom stereocenters. The second kappa shape index (κ2) is 7.02. The molecule has 1 heterocycles. The van der Waals surface area contributed by atoms with Crippen molar-refractivity contribution in [3.05, 3.63) is 65.0 Å². The van der Waals surface area contributed by atoms with Crippen LogP contribution < -0.4 is 10.6 Å². The van der Waals surface area contributed by atoms with E-state index in [1.54, 1.807) is 0 Å². The summed E-state index contributed by atoms with van der Waals surface area (Å²) in [6.45, 7) is 1.52. The summed E-state index contributed by atoms with van der Waals surface area (Å²) in [5, 5.41) is 5.02. The van der Waals surface area contributed by atoms with Crippen LogP contribution in [0.15, 0.2) is 42.5 Å². The molecule has 1 fully saturated rings. The molecular formula is C19H16F4N2O2. The lowest BCUT2D eigenvalue weighted by molar-refractivity contribution is -0.137. The van der Waals surface area contributed by atoms with Crippen molar-refractivity contribution in [2.75, 3.05) is 11.9 Å². The first-order valence-corrected chi connectivity index (χ1v) is 8.19. The Kier molecular flexibility index (Phi) is 4.91. The molecule has 0 saturated carbocycles. The topological polar surface area (TPSA) is 58.2 Å². The third-order valence-corrected chi connectivity index (χ3v) is 4.63. The molecule has 4 nitrogen and oxygen atoms in total. The fraction of sp³-hybridized carbons (Fsp3) is 0.263. The average Bonchev–Trinajstić information content (AvgIpc) is 3.00. The van der Waals surface area contributed by atoms with Crippen molar-refractivity contribution in [2.45, 2.75) is 19.0 Å². The zero-order valence-corrected chi connectivity index (χ0v) is 14.2. The zero-order valence-electron chi connectivity index (χ0n) is 14.2. The first-order chi connectivity index (χ1) is 12.7. The lowest BCUT2D eigenvalue weighted by Crippen LogP contribution is -2.32. The van der Waals surface area contributed by atoms with Crippen LogP contribution in [0.1, 0.15) is 22.6 Å². The highest BCUT2D eigenvalue weighted by atomic mass is 19.4. The molecule has 0 aliphatic carbocycles. The highest BCUT2D eigenvalue weighted by molar-refractivity contribution is 6.08. The molecule has 27 heavy (non-hydrogen) atoms. The zero-order chi connectivity index (χ0) is 19.8. The molecule has 0 unspecified atom stereocenters. The van der Waals surface area contributed by atoms with Crippen LogP contribution in [0.4, 0.5) is 23.2 Å². The number of anilines is 1. The molecule has 2 aromatic rings. The van der Waals surface area contributed by atoms with Crippen molar-refractivity contribution in [1.82, 2.24) is 5.32 Å². The van der Waals surface area contributed by atoms with Gasteiger partial charge in [-0.25, -0.2) is 4.39 Å². The second-order valence-electron chi connectivity index (χ2n) is 6.35. The highest BCUT2D eigenvalue weighted by Gasteiger charge is 2.42. The Bertz CT molecular complexity index is 896. The van der Waals surface area contributed by atoms with Gasteiger partial charge < -0.3 is 10.6 Å². The van der Waals surface area contributed by atoms with E-state index < -0.39 is 41.2 Å². The maximum absolute atomic E-state index is 13.6. The summed E-state index contributed by atoms with van der Waals surface area (Å²) >= 11 is 0. The Balaban J connectivity index is 1.88. The van der Waals surface area contributed by atoms with E-state index >= 15 is 0 Å². The lowest BCUT2D eigenvalue weighted by atomic mass is 9.87. The number of carbonyl (C=O) groups excluding carboxylic acids is 2. The summed E-state index contributed by atoms with van der Waals surface area (Å²) in [5.41, 5.74) is -0.193. The monoisotopic (exact) mass is 380 g/mol. The summed E-state index contributed by atoms with van der Waals surface area (Å²) in [7, 11) is 0. The Hall–Kier alpha value is -2.90. The molecule has 1 aliphatic heterocycles. The third-order valence-electron chi connectivity index (χ3n) is 4.63. The van der Waals surface area contributed by atoms with Crippen molar-refractivity contribution in [3.63, 3.8) is 0 Å². The number of carbonyl (C=O) groups is 2. The SMILES string of the molecule is Cc1c(F)cccc1NC(=O)[C@H]1C(=O)NC[C@@H]1c1cccc(C(F)(F)F)c1. The predicted molar refractivity (Wildman–Crippen MR) is 90.5 cm³/mol. The minimum absolute atomic E-state index is 0.0420. The molecule has 1 saturated heterocycles. The third kappa shape index (κ3) is 3.79. The number of hydrogen-bond donors (Lipinski definition) is 2. The first kappa shape index (κ1) is 18.9. The standard InChI is InChI=1S/C19H16F4N2O2/c1-10-14(20)6-3-7-15(10)25-18(27)16-13(9-24-17(16)26)11-4-2-5-12(8-11)19(21,22)23/h2-8,13,16H,9H2,1H3,(H,24,26)(H,25,27)/t13-,16-/m1/s1. The van der Waals surface area contributed by atoms with Gasteiger partial charge in [-0.05, 0) is 30.7 Å². The second-order valence-corrected chi connectivity index (χ2v) is 6.35. The van der Waals surface area contributed by atoms with Gasteiger partial charge in [0.15, 0.2) is 0 Å². The van der Waals surface area contributed by atoms with Gasteiger partial charge in [-0.2, -0.15) is 13.2 Å². The van der Waals surface area contributed by atoms with Gasteiger partial charge in [0.05, 0.1) is 5.56 Å². The lowest BCUT2D eigenvalue weighted by Gasteiger charge is -2.19. The van der Waals surface area contributed by atoms with Gasteiger partial charge in [-0.3, -0.25) is 9.59 Å². The van der Waals surface area contributed by atoms with Crippen LogP contribution in [0.3, 0.4) is 0 Å². The number of nitrogens with one attached hydrogen (secondary N) is 2. The van der Waals surface area contributed by atoms with Crippen LogP contribution in [0, 0.1) is 18.7 Å². The van der Waals surface area contributed by atoms with Gasteiger partial charge >= 0.3 is 6.18 Å². The summed E-state index contributed by atoms with van der Waals surface area (Å²) < 4.78 is 52.5. The fourth-order valence-corrected chi connectivity index (χ4v) is 3.13. The maximum Gasteiger partial charge on any atom is 0.416 e. The summed E-state index contributed by atoms with van der Waals surface area (Å²) in [6, 6.07) is 8.70. The van der Waals surface area contributed by atoms with Crippen LogP contribution in [0.25, 0.3) is 0 Å². The summed E-state index contributed by atoms with van der Waals surface area (Å²) in [6.07, 6.45) is -4.53. The Morgan fingerprint density at radius 3 is 2.59 bits per heavy atom. The molecule has 8 heteroatoms. The normalized spacial score (nSPS) is 19.7. The predicted octanol–water partition coefficient (Wildman–Crippen LogP) is 3.62. The molecule has 2 N–H and O–H groups in total. The Labute approximate surface area is 152 Å². The first-order valence-electron chi connectivity index (χ1n) is 8.19. The van der Waals surface area contributed by atoms with Gasteiger partial charge in [0.25, 0.3) is 0 Å². The summed E-state index contributed by atoms with van der Waals surface area (Å²) in [5.74, 6) is -3.76. The van der Waals surface area contributed by atoms with Crippen molar-refractivity contribution >= 4 is 17.5 Å². The van der Waals surface area contributed by atoms with Crippen LogP contribution in [-0.2, 0) is 15.8 Å². The van der Waals surface area contributed by atoms with Crippen molar-refractivity contribution in [1.29, 1.82) is 0 Å². The molecule has 0 aromatic heterocycles. The van der Waals surface area contributed by atoms with Gasteiger partial charge in [0.2, 0.25) is 11.8 Å². The molecule has 1 aliphatic rings. The minimum atomic E-state index is -4.53. The number of alkyl halides is 3. The van der Waals surface area contributed by atoms with Gasteiger partial charge in [-0.15, -0.1) is 0 Å². The van der Waals surface area contributed by atoms with Crippen molar-refractivity contribution in [3.8, 4) is 0 Å². The smallest absolute Gasteiger partial charge is 0.355 e. The fourth-order valence-electron chi connectivity index (χ4n) is 3.13. The van der Waals surface area contributed by atoms with E-state index in [1.165, 1.54) is 37.3 Å². The molecule has 142 valence electrons. The molecule has 2 aromatic carbocycles. The molecule has 2 amide bonds. The van der Waals surface area contributed by atoms with E-state index in [9.17, 15) is 27.2 Å². The number of benzene rings is 2. The molecular weight excluding hydrogens is 364 g/mol. The minimum Gasteiger partial charge on any atom is -0.355 e. The number of rotatable bonds is 3. The van der Waals surface area contributed by atoms with E-state index in [-0.39, 0.29) is 23.4 Å². The number of amides is 2. The number of halogens is 4. The molecule has 0 bridgehead atoms. The molecule has 0 spiro atoms. The molecule has 3 rings (SSSR count). The van der Waals surface area contributed by atoms with E-state index in [0.29, 0.717) is 0 Å². The van der Waals surface area contributed by atoms with Gasteiger partial charge in [-0.1, -0.05) is 24.3 Å².